The predicted octanol–water partition coefficient (Wildman–Crippen LogP) is 1.12. The lowest BCUT2D eigenvalue weighted by Gasteiger charge is -2.17. The summed E-state index contributed by atoms with van der Waals surface area (Å²) in [7, 11) is 0. The monoisotopic (exact) mass is 158 g/mol. The summed E-state index contributed by atoms with van der Waals surface area (Å²) in [4.78, 5) is 10.5. The lowest BCUT2D eigenvalue weighted by molar-refractivity contribution is -0.151. The molecule has 3 heteroatoms. The molecule has 0 amide bonds. The van der Waals surface area contributed by atoms with Crippen LogP contribution in [0.2, 0.25) is 0 Å². The number of esters is 1. The summed E-state index contributed by atoms with van der Waals surface area (Å²) < 4.78 is 10.3. The lowest BCUT2D eigenvalue weighted by Crippen LogP contribution is -2.26. The molecule has 1 saturated heterocycles. The van der Waals surface area contributed by atoms with E-state index in [0.29, 0.717) is 0 Å². The van der Waals surface area contributed by atoms with E-state index < -0.39 is 0 Å². The van der Waals surface area contributed by atoms with Crippen LogP contribution in [-0.4, -0.2) is 24.8 Å². The van der Waals surface area contributed by atoms with Crippen LogP contribution in [0, 0.1) is 0 Å². The fourth-order valence-electron chi connectivity index (χ4n) is 1.31. The van der Waals surface area contributed by atoms with Crippen molar-refractivity contribution in [2.45, 2.75) is 38.9 Å². The number of carbonyl (C=O) groups excluding carboxylic acids is 1. The number of rotatable bonds is 2. The highest BCUT2D eigenvalue weighted by atomic mass is 16.6. The molecule has 1 rings (SSSR count). The Morgan fingerprint density at radius 3 is 2.91 bits per heavy atom. The molecular weight excluding hydrogens is 144 g/mol. The van der Waals surface area contributed by atoms with Gasteiger partial charge in [-0.25, -0.2) is 0 Å². The van der Waals surface area contributed by atoms with Crippen molar-refractivity contribution < 1.29 is 14.3 Å². The number of carbonyl (C=O) groups is 1. The van der Waals surface area contributed by atoms with Crippen LogP contribution in [0.3, 0.4) is 0 Å². The van der Waals surface area contributed by atoms with E-state index in [0.717, 1.165) is 19.4 Å². The molecule has 0 unspecified atom stereocenters. The van der Waals surface area contributed by atoms with E-state index in [1.54, 1.807) is 0 Å². The normalized spacial score (nSPS) is 26.5. The maximum Gasteiger partial charge on any atom is 0.302 e. The minimum absolute atomic E-state index is 0.0880. The maximum atomic E-state index is 10.5. The molecule has 1 heterocycles. The zero-order valence-corrected chi connectivity index (χ0v) is 7.00. The van der Waals surface area contributed by atoms with Crippen molar-refractivity contribution in [3.63, 3.8) is 0 Å². The molecule has 0 radical (unpaired) electrons. The third-order valence-electron chi connectivity index (χ3n) is 1.84. The third kappa shape index (κ3) is 2.50. The van der Waals surface area contributed by atoms with Gasteiger partial charge in [-0.1, -0.05) is 0 Å². The first-order valence-corrected chi connectivity index (χ1v) is 3.99. The van der Waals surface area contributed by atoms with Crippen molar-refractivity contribution in [2.75, 3.05) is 6.61 Å². The Labute approximate surface area is 66.7 Å². The third-order valence-corrected chi connectivity index (χ3v) is 1.84. The second kappa shape index (κ2) is 3.72. The first kappa shape index (κ1) is 8.53. The van der Waals surface area contributed by atoms with Gasteiger partial charge in [-0.3, -0.25) is 4.79 Å². The number of hydrogen-bond acceptors (Lipinski definition) is 3. The summed E-state index contributed by atoms with van der Waals surface area (Å²) in [6.45, 7) is 4.10. The summed E-state index contributed by atoms with van der Waals surface area (Å²) in [6.07, 6.45) is 2.12. The Hall–Kier alpha value is -0.570. The van der Waals surface area contributed by atoms with Crippen LogP contribution in [-0.2, 0) is 14.3 Å². The highest BCUT2D eigenvalue weighted by Gasteiger charge is 2.24. The van der Waals surface area contributed by atoms with Gasteiger partial charge in [0.25, 0.3) is 0 Å². The van der Waals surface area contributed by atoms with Gasteiger partial charge in [-0.2, -0.15) is 0 Å². The van der Waals surface area contributed by atoms with Gasteiger partial charge in [0.05, 0.1) is 6.10 Å². The Kier molecular flexibility index (Phi) is 2.88. The van der Waals surface area contributed by atoms with Gasteiger partial charge >= 0.3 is 5.97 Å². The molecule has 1 fully saturated rings. The van der Waals surface area contributed by atoms with Gasteiger partial charge in [0, 0.05) is 13.5 Å². The molecule has 1 aliphatic rings. The summed E-state index contributed by atoms with van der Waals surface area (Å²) in [5.41, 5.74) is 0. The molecule has 0 aromatic carbocycles. The molecule has 0 aliphatic carbocycles. The minimum atomic E-state index is -0.229. The topological polar surface area (TPSA) is 35.5 Å². The quantitative estimate of drug-likeness (QED) is 0.565. The van der Waals surface area contributed by atoms with Crippen LogP contribution in [0.5, 0.6) is 0 Å². The second-order valence-electron chi connectivity index (χ2n) is 2.87. The van der Waals surface area contributed by atoms with Crippen molar-refractivity contribution in [1.82, 2.24) is 0 Å². The van der Waals surface area contributed by atoms with Crippen LogP contribution < -0.4 is 0 Å². The molecule has 64 valence electrons. The fourth-order valence-corrected chi connectivity index (χ4v) is 1.31. The van der Waals surface area contributed by atoms with Crippen molar-refractivity contribution in [3.8, 4) is 0 Å². The van der Waals surface area contributed by atoms with E-state index in [-0.39, 0.29) is 18.2 Å². The van der Waals surface area contributed by atoms with Gasteiger partial charge in [-0.05, 0) is 19.8 Å². The average Bonchev–Trinajstić information content (AvgIpc) is 2.35. The molecule has 0 spiro atoms. The summed E-state index contributed by atoms with van der Waals surface area (Å²) in [6, 6.07) is 0. The van der Waals surface area contributed by atoms with Crippen LogP contribution in [0.4, 0.5) is 0 Å². The van der Waals surface area contributed by atoms with Crippen LogP contribution >= 0.6 is 0 Å². The highest BCUT2D eigenvalue weighted by Crippen LogP contribution is 2.17. The van der Waals surface area contributed by atoms with E-state index in [9.17, 15) is 4.79 Å². The average molecular weight is 158 g/mol. The number of ether oxygens (including phenoxy) is 2. The molecule has 3 nitrogen and oxygen atoms in total. The summed E-state index contributed by atoms with van der Waals surface area (Å²) >= 11 is 0. The molecular formula is C8H14O3. The predicted molar refractivity (Wildman–Crippen MR) is 40.2 cm³/mol. The van der Waals surface area contributed by atoms with E-state index in [4.69, 9.17) is 9.47 Å². The molecule has 0 aromatic rings. The Morgan fingerprint density at radius 1 is 1.73 bits per heavy atom. The van der Waals surface area contributed by atoms with Crippen LogP contribution in [0.15, 0.2) is 0 Å². The van der Waals surface area contributed by atoms with Gasteiger partial charge in [-0.15, -0.1) is 0 Å². The second-order valence-corrected chi connectivity index (χ2v) is 2.87. The zero-order chi connectivity index (χ0) is 8.27. The standard InChI is InChI=1S/C8H14O3/c1-6(11-7(2)9)8-4-3-5-10-8/h6,8H,3-5H2,1-2H3/t6-,8+/m0/s1. The largest absolute Gasteiger partial charge is 0.460 e. The van der Waals surface area contributed by atoms with E-state index in [1.165, 1.54) is 6.92 Å². The molecule has 0 aromatic heterocycles. The van der Waals surface area contributed by atoms with Gasteiger partial charge < -0.3 is 9.47 Å². The molecule has 1 aliphatic heterocycles. The fraction of sp³-hybridized carbons (Fsp3) is 0.875. The van der Waals surface area contributed by atoms with Crippen LogP contribution in [0.25, 0.3) is 0 Å². The van der Waals surface area contributed by atoms with E-state index in [1.807, 2.05) is 6.92 Å². The molecule has 2 atom stereocenters. The first-order chi connectivity index (χ1) is 5.20. The van der Waals surface area contributed by atoms with E-state index >= 15 is 0 Å². The molecule has 0 saturated carbocycles. The molecule has 0 N–H and O–H groups in total. The summed E-state index contributed by atoms with van der Waals surface area (Å²) in [5, 5.41) is 0. The Bertz CT molecular complexity index is 138. The Balaban J connectivity index is 2.28. The summed E-state index contributed by atoms with van der Waals surface area (Å²) in [5.74, 6) is -0.229. The van der Waals surface area contributed by atoms with Gasteiger partial charge in [0.1, 0.15) is 6.10 Å². The van der Waals surface area contributed by atoms with Crippen LogP contribution in [0.1, 0.15) is 26.7 Å². The zero-order valence-electron chi connectivity index (χ0n) is 7.00. The van der Waals surface area contributed by atoms with Crippen molar-refractivity contribution in [2.24, 2.45) is 0 Å². The smallest absolute Gasteiger partial charge is 0.302 e. The Morgan fingerprint density at radius 2 is 2.45 bits per heavy atom. The van der Waals surface area contributed by atoms with Crippen molar-refractivity contribution in [3.05, 3.63) is 0 Å². The maximum absolute atomic E-state index is 10.5. The SMILES string of the molecule is CC(=O)O[C@@H](C)[C@H]1CCCO1. The first-order valence-electron chi connectivity index (χ1n) is 3.99. The highest BCUT2D eigenvalue weighted by molar-refractivity contribution is 5.66. The lowest BCUT2D eigenvalue weighted by atomic mass is 10.1. The van der Waals surface area contributed by atoms with E-state index in [2.05, 4.69) is 0 Å². The molecule has 11 heavy (non-hydrogen) atoms. The van der Waals surface area contributed by atoms with Gasteiger partial charge in [0.2, 0.25) is 0 Å². The van der Waals surface area contributed by atoms with Gasteiger partial charge in [0.15, 0.2) is 0 Å². The minimum Gasteiger partial charge on any atom is -0.460 e. The number of hydrogen-bond donors (Lipinski definition) is 0. The molecule has 0 bridgehead atoms. The van der Waals surface area contributed by atoms with Crippen molar-refractivity contribution in [1.29, 1.82) is 0 Å². The van der Waals surface area contributed by atoms with Crippen molar-refractivity contribution >= 4 is 5.97 Å².